The van der Waals surface area contributed by atoms with Crippen LogP contribution < -0.4 is 5.82 Å². The van der Waals surface area contributed by atoms with Crippen LogP contribution in [0.5, 0.6) is 0 Å². The van der Waals surface area contributed by atoms with Crippen LogP contribution in [0.4, 0.5) is 0 Å². The highest BCUT2D eigenvalue weighted by atomic mass is 16.6. The van der Waals surface area contributed by atoms with E-state index < -0.39 is 12.1 Å². The maximum Gasteiger partial charge on any atom is 0.519 e. The quantitative estimate of drug-likeness (QED) is 0.671. The van der Waals surface area contributed by atoms with E-state index in [0.717, 1.165) is 0 Å². The molecule has 0 saturated carbocycles. The van der Waals surface area contributed by atoms with Gasteiger partial charge in [-0.1, -0.05) is 0 Å². The Kier molecular flexibility index (Phi) is 2.67. The van der Waals surface area contributed by atoms with Crippen LogP contribution in [0.3, 0.4) is 0 Å². The van der Waals surface area contributed by atoms with E-state index in [0.29, 0.717) is 11.5 Å². The highest BCUT2D eigenvalue weighted by molar-refractivity contribution is 4.98. The van der Waals surface area contributed by atoms with Crippen molar-refractivity contribution >= 4 is 0 Å². The first kappa shape index (κ1) is 9.02. The second-order valence-electron chi connectivity index (χ2n) is 2.34. The lowest BCUT2D eigenvalue weighted by Crippen LogP contribution is -2.05. The third-order valence-electron chi connectivity index (χ3n) is 1.29. The number of rotatable bonds is 3. The summed E-state index contributed by atoms with van der Waals surface area (Å²) in [4.78, 5) is 10.5. The summed E-state index contributed by atoms with van der Waals surface area (Å²) in [5, 5.41) is 8.74. The predicted octanol–water partition coefficient (Wildman–Crippen LogP) is 0.396. The predicted molar refractivity (Wildman–Crippen MR) is 38.5 cm³/mol. The van der Waals surface area contributed by atoms with Gasteiger partial charge >= 0.3 is 5.82 Å². The number of aliphatic hydroxyl groups excluding tert-OH is 1. The number of aryl methyl sites for hydroxylation is 1. The molecule has 1 heterocycles. The average molecular weight is 174 g/mol. The molecule has 1 aromatic heterocycles. The second-order valence-corrected chi connectivity index (χ2v) is 2.34. The number of aliphatic hydroxyl groups is 1. The Hall–Kier alpha value is -1.07. The highest BCUT2D eigenvalue weighted by Gasteiger charge is 2.08. The SMILES string of the molecule is Cc1oc(=O)oc1COC(C)O. The molecule has 0 saturated heterocycles. The molecule has 0 radical (unpaired) electrons. The van der Waals surface area contributed by atoms with Crippen molar-refractivity contribution in [3.63, 3.8) is 0 Å². The van der Waals surface area contributed by atoms with Crippen molar-refractivity contribution < 1.29 is 18.7 Å². The first-order valence-electron chi connectivity index (χ1n) is 3.48. The van der Waals surface area contributed by atoms with E-state index in [4.69, 9.17) is 9.84 Å². The summed E-state index contributed by atoms with van der Waals surface area (Å²) < 4.78 is 14.0. The van der Waals surface area contributed by atoms with E-state index in [1.54, 1.807) is 6.92 Å². The molecule has 5 heteroatoms. The van der Waals surface area contributed by atoms with Crippen LogP contribution >= 0.6 is 0 Å². The second kappa shape index (κ2) is 3.55. The molecule has 12 heavy (non-hydrogen) atoms. The standard InChI is InChI=1S/C7H10O5/c1-4-6(3-10-5(2)8)12-7(9)11-4/h5,8H,3H2,1-2H3. The zero-order valence-electron chi connectivity index (χ0n) is 6.86. The summed E-state index contributed by atoms with van der Waals surface area (Å²) in [5.74, 6) is -0.0711. The molecule has 0 aliphatic heterocycles. The van der Waals surface area contributed by atoms with Gasteiger partial charge in [0.25, 0.3) is 0 Å². The van der Waals surface area contributed by atoms with Crippen LogP contribution in [0.2, 0.25) is 0 Å². The van der Waals surface area contributed by atoms with Crippen molar-refractivity contribution in [1.82, 2.24) is 0 Å². The minimum absolute atomic E-state index is 0.0369. The van der Waals surface area contributed by atoms with Crippen molar-refractivity contribution in [2.45, 2.75) is 26.7 Å². The Labute approximate surface area is 68.6 Å². The normalized spacial score (nSPS) is 13.2. The molecule has 68 valence electrons. The van der Waals surface area contributed by atoms with Gasteiger partial charge in [0, 0.05) is 0 Å². The number of hydrogen-bond donors (Lipinski definition) is 1. The summed E-state index contributed by atoms with van der Waals surface area (Å²) >= 11 is 0. The summed E-state index contributed by atoms with van der Waals surface area (Å²) in [6.45, 7) is 3.09. The molecular formula is C7H10O5. The van der Waals surface area contributed by atoms with Crippen molar-refractivity contribution in [1.29, 1.82) is 0 Å². The Balaban J connectivity index is 2.63. The van der Waals surface area contributed by atoms with Crippen LogP contribution in [0.15, 0.2) is 13.6 Å². The van der Waals surface area contributed by atoms with Gasteiger partial charge in [-0.15, -0.1) is 0 Å². The summed E-state index contributed by atoms with van der Waals surface area (Å²) in [5.41, 5.74) is 0. The van der Waals surface area contributed by atoms with Crippen LogP contribution in [0.1, 0.15) is 18.4 Å². The lowest BCUT2D eigenvalue weighted by molar-refractivity contribution is -0.0984. The Bertz CT molecular complexity index is 295. The Morgan fingerprint density at radius 3 is 2.67 bits per heavy atom. The van der Waals surface area contributed by atoms with E-state index in [1.165, 1.54) is 6.92 Å². The zero-order valence-corrected chi connectivity index (χ0v) is 6.86. The van der Waals surface area contributed by atoms with Crippen LogP contribution in [0.25, 0.3) is 0 Å². The Morgan fingerprint density at radius 2 is 2.25 bits per heavy atom. The van der Waals surface area contributed by atoms with Gasteiger partial charge in [0.05, 0.1) is 0 Å². The van der Waals surface area contributed by atoms with Crippen LogP contribution in [-0.2, 0) is 11.3 Å². The van der Waals surface area contributed by atoms with E-state index in [-0.39, 0.29) is 6.61 Å². The average Bonchev–Trinajstić information content (AvgIpc) is 2.26. The molecule has 1 atom stereocenters. The lowest BCUT2D eigenvalue weighted by atomic mass is 10.4. The molecule has 1 rings (SSSR count). The molecule has 0 bridgehead atoms. The largest absolute Gasteiger partial charge is 0.519 e. The van der Waals surface area contributed by atoms with Crippen molar-refractivity contribution in [3.05, 3.63) is 22.1 Å². The molecule has 1 unspecified atom stereocenters. The van der Waals surface area contributed by atoms with Gasteiger partial charge in [0.1, 0.15) is 12.4 Å². The molecule has 0 spiro atoms. The van der Waals surface area contributed by atoms with E-state index >= 15 is 0 Å². The number of hydrogen-bond acceptors (Lipinski definition) is 5. The molecule has 1 aromatic rings. The van der Waals surface area contributed by atoms with Gasteiger partial charge in [-0.3, -0.25) is 0 Å². The summed E-state index contributed by atoms with van der Waals surface area (Å²) in [6.07, 6.45) is -0.885. The lowest BCUT2D eigenvalue weighted by Gasteiger charge is -2.02. The molecule has 0 aliphatic rings. The molecule has 0 aromatic carbocycles. The van der Waals surface area contributed by atoms with E-state index in [9.17, 15) is 4.79 Å². The van der Waals surface area contributed by atoms with Gasteiger partial charge in [0.15, 0.2) is 12.1 Å². The maximum absolute atomic E-state index is 10.5. The van der Waals surface area contributed by atoms with Gasteiger partial charge in [-0.05, 0) is 13.8 Å². The molecule has 1 N–H and O–H groups in total. The van der Waals surface area contributed by atoms with E-state index in [2.05, 4.69) is 8.83 Å². The van der Waals surface area contributed by atoms with Crippen molar-refractivity contribution in [2.24, 2.45) is 0 Å². The minimum Gasteiger partial charge on any atom is -0.396 e. The number of ether oxygens (including phenoxy) is 1. The molecule has 0 aliphatic carbocycles. The first-order chi connectivity index (χ1) is 5.59. The third kappa shape index (κ3) is 2.21. The van der Waals surface area contributed by atoms with Gasteiger partial charge in [-0.2, -0.15) is 0 Å². The highest BCUT2D eigenvalue weighted by Crippen LogP contribution is 2.06. The van der Waals surface area contributed by atoms with Gasteiger partial charge < -0.3 is 18.7 Å². The monoisotopic (exact) mass is 174 g/mol. The van der Waals surface area contributed by atoms with Crippen molar-refractivity contribution in [3.8, 4) is 0 Å². The molecular weight excluding hydrogens is 164 g/mol. The van der Waals surface area contributed by atoms with Crippen LogP contribution in [0, 0.1) is 6.92 Å². The van der Waals surface area contributed by atoms with Crippen molar-refractivity contribution in [2.75, 3.05) is 0 Å². The first-order valence-corrected chi connectivity index (χ1v) is 3.48. The van der Waals surface area contributed by atoms with Gasteiger partial charge in [-0.25, -0.2) is 4.79 Å². The fourth-order valence-corrected chi connectivity index (χ4v) is 0.703. The molecule has 0 amide bonds. The van der Waals surface area contributed by atoms with Crippen LogP contribution in [-0.4, -0.2) is 11.4 Å². The fraction of sp³-hybridized carbons (Fsp3) is 0.571. The topological polar surface area (TPSA) is 72.8 Å². The third-order valence-corrected chi connectivity index (χ3v) is 1.29. The maximum atomic E-state index is 10.5. The Morgan fingerprint density at radius 1 is 1.58 bits per heavy atom. The summed E-state index contributed by atoms with van der Waals surface area (Å²) in [6, 6.07) is 0. The molecule has 0 fully saturated rings. The fourth-order valence-electron chi connectivity index (χ4n) is 0.703. The zero-order chi connectivity index (χ0) is 9.14. The molecule has 5 nitrogen and oxygen atoms in total. The van der Waals surface area contributed by atoms with E-state index in [1.807, 2.05) is 0 Å². The summed E-state index contributed by atoms with van der Waals surface area (Å²) in [7, 11) is 0. The minimum atomic E-state index is -0.885. The van der Waals surface area contributed by atoms with Gasteiger partial charge in [0.2, 0.25) is 0 Å². The smallest absolute Gasteiger partial charge is 0.396 e.